The van der Waals surface area contributed by atoms with Crippen LogP contribution in [-0.4, -0.2) is 23.6 Å². The van der Waals surface area contributed by atoms with Gasteiger partial charge in [-0.15, -0.1) is 0 Å². The first-order valence-electron chi connectivity index (χ1n) is 6.66. The average Bonchev–Trinajstić information content (AvgIpc) is 2.87. The molecule has 0 amide bonds. The number of H-pyrrole nitrogens is 1. The van der Waals surface area contributed by atoms with Gasteiger partial charge in [0.15, 0.2) is 0 Å². The Morgan fingerprint density at radius 2 is 2.14 bits per heavy atom. The third kappa shape index (κ3) is 3.29. The molecule has 7 nitrogen and oxygen atoms in total. The molecule has 0 saturated carbocycles. The smallest absolute Gasteiger partial charge is 0.244 e. The first-order chi connectivity index (χ1) is 9.99. The van der Waals surface area contributed by atoms with Gasteiger partial charge >= 0.3 is 0 Å². The summed E-state index contributed by atoms with van der Waals surface area (Å²) in [5.74, 6) is 0. The normalized spacial score (nSPS) is 11.8. The Labute approximate surface area is 124 Å². The Hall–Kier alpha value is -1.77. The zero-order valence-corrected chi connectivity index (χ0v) is 12.9. The number of pyridine rings is 1. The number of nitrogens with two attached hydrogens (primary N) is 1. The lowest BCUT2D eigenvalue weighted by molar-refractivity contribution is 0.578. The maximum Gasteiger partial charge on any atom is 0.244 e. The lowest BCUT2D eigenvalue weighted by Gasteiger charge is -2.09. The van der Waals surface area contributed by atoms with Gasteiger partial charge < -0.3 is 5.73 Å². The van der Waals surface area contributed by atoms with Crippen molar-refractivity contribution in [2.75, 3.05) is 0 Å². The Morgan fingerprint density at radius 1 is 1.38 bits per heavy atom. The molecule has 0 radical (unpaired) electrons. The van der Waals surface area contributed by atoms with Crippen molar-refractivity contribution in [3.05, 3.63) is 41.0 Å². The molecule has 2 heterocycles. The summed E-state index contributed by atoms with van der Waals surface area (Å²) in [5.41, 5.74) is 8.07. The number of aromatic amines is 1. The summed E-state index contributed by atoms with van der Waals surface area (Å²) >= 11 is 0. The highest BCUT2D eigenvalue weighted by molar-refractivity contribution is 7.89. The molecule has 0 aliphatic heterocycles. The van der Waals surface area contributed by atoms with Gasteiger partial charge in [0.25, 0.3) is 0 Å². The van der Waals surface area contributed by atoms with Crippen molar-refractivity contribution in [3.63, 3.8) is 0 Å². The van der Waals surface area contributed by atoms with E-state index in [-0.39, 0.29) is 18.0 Å². The van der Waals surface area contributed by atoms with Crippen molar-refractivity contribution < 1.29 is 8.42 Å². The van der Waals surface area contributed by atoms with E-state index < -0.39 is 10.0 Å². The van der Waals surface area contributed by atoms with Gasteiger partial charge in [0, 0.05) is 12.7 Å². The topological polar surface area (TPSA) is 114 Å². The minimum atomic E-state index is -3.68. The van der Waals surface area contributed by atoms with Crippen molar-refractivity contribution in [2.24, 2.45) is 5.73 Å². The van der Waals surface area contributed by atoms with Gasteiger partial charge in [0.05, 0.1) is 23.6 Å². The molecule has 2 rings (SSSR count). The highest BCUT2D eigenvalue weighted by Gasteiger charge is 2.23. The highest BCUT2D eigenvalue weighted by atomic mass is 32.2. The van der Waals surface area contributed by atoms with E-state index in [1.54, 1.807) is 13.1 Å². The molecule has 21 heavy (non-hydrogen) atoms. The summed E-state index contributed by atoms with van der Waals surface area (Å²) in [5, 5.41) is 6.55. The molecular weight excluding hydrogens is 290 g/mol. The van der Waals surface area contributed by atoms with Crippen LogP contribution in [0.25, 0.3) is 0 Å². The Morgan fingerprint density at radius 3 is 2.81 bits per heavy atom. The van der Waals surface area contributed by atoms with Crippen LogP contribution in [0.3, 0.4) is 0 Å². The zero-order valence-electron chi connectivity index (χ0n) is 12.0. The van der Waals surface area contributed by atoms with Crippen molar-refractivity contribution in [1.82, 2.24) is 19.9 Å². The van der Waals surface area contributed by atoms with Crippen LogP contribution in [-0.2, 0) is 29.5 Å². The Bertz CT molecular complexity index is 724. The van der Waals surface area contributed by atoms with Gasteiger partial charge in [0.1, 0.15) is 4.90 Å². The summed E-state index contributed by atoms with van der Waals surface area (Å²) < 4.78 is 27.4. The number of aromatic nitrogens is 3. The maximum absolute atomic E-state index is 12.4. The van der Waals surface area contributed by atoms with E-state index in [9.17, 15) is 8.42 Å². The number of aryl methyl sites for hydroxylation is 2. The maximum atomic E-state index is 12.4. The van der Waals surface area contributed by atoms with Crippen LogP contribution in [0, 0.1) is 6.92 Å². The monoisotopic (exact) mass is 309 g/mol. The predicted molar refractivity (Wildman–Crippen MR) is 78.9 cm³/mol. The molecule has 0 spiro atoms. The minimum Gasteiger partial charge on any atom is -0.325 e. The van der Waals surface area contributed by atoms with E-state index in [4.69, 9.17) is 5.73 Å². The summed E-state index contributed by atoms with van der Waals surface area (Å²) in [6.45, 7) is 3.85. The summed E-state index contributed by atoms with van der Waals surface area (Å²) in [6, 6.07) is 3.77. The number of nitrogens with one attached hydrogen (secondary N) is 2. The molecule has 114 valence electrons. The quantitative estimate of drug-likeness (QED) is 0.723. The average molecular weight is 309 g/mol. The van der Waals surface area contributed by atoms with Gasteiger partial charge in [0.2, 0.25) is 10.0 Å². The predicted octanol–water partition coefficient (Wildman–Crippen LogP) is 0.613. The molecule has 0 aromatic carbocycles. The van der Waals surface area contributed by atoms with Crippen LogP contribution in [0.5, 0.6) is 0 Å². The molecule has 4 N–H and O–H groups in total. The molecule has 2 aromatic rings. The van der Waals surface area contributed by atoms with Crippen LogP contribution in [0.2, 0.25) is 0 Å². The van der Waals surface area contributed by atoms with Gasteiger partial charge in [-0.3, -0.25) is 10.1 Å². The molecular formula is C13H19N5O2S. The molecule has 0 fully saturated rings. The fraction of sp³-hybridized carbons (Fsp3) is 0.385. The standard InChI is InChI=1S/C13H19N5O2S/c1-3-10-5-4-6-15-12(10)8-16-21(19,20)13-9(2)17-18-11(13)7-14/h4-6,16H,3,7-8,14H2,1-2H3,(H,17,18). The molecule has 2 aromatic heterocycles. The van der Waals surface area contributed by atoms with E-state index in [2.05, 4.69) is 19.9 Å². The summed E-state index contributed by atoms with van der Waals surface area (Å²) in [6.07, 6.45) is 2.45. The Kier molecular flexibility index (Phi) is 4.71. The second-order valence-corrected chi connectivity index (χ2v) is 6.32. The van der Waals surface area contributed by atoms with Gasteiger partial charge in [-0.2, -0.15) is 5.10 Å². The summed E-state index contributed by atoms with van der Waals surface area (Å²) in [7, 11) is -3.68. The van der Waals surface area contributed by atoms with E-state index in [0.717, 1.165) is 17.7 Å². The molecule has 0 saturated heterocycles. The molecule has 0 atom stereocenters. The van der Waals surface area contributed by atoms with Crippen molar-refractivity contribution in [2.45, 2.75) is 38.3 Å². The fourth-order valence-corrected chi connectivity index (χ4v) is 3.51. The number of rotatable bonds is 6. The molecule has 0 aliphatic carbocycles. The van der Waals surface area contributed by atoms with Crippen molar-refractivity contribution in [1.29, 1.82) is 0 Å². The van der Waals surface area contributed by atoms with Gasteiger partial charge in [-0.1, -0.05) is 13.0 Å². The highest BCUT2D eigenvalue weighted by Crippen LogP contribution is 2.17. The van der Waals surface area contributed by atoms with Crippen molar-refractivity contribution in [3.8, 4) is 0 Å². The van der Waals surface area contributed by atoms with Gasteiger partial charge in [-0.05, 0) is 25.0 Å². The summed E-state index contributed by atoms with van der Waals surface area (Å²) in [4.78, 5) is 4.35. The van der Waals surface area contributed by atoms with E-state index >= 15 is 0 Å². The van der Waals surface area contributed by atoms with E-state index in [0.29, 0.717) is 11.4 Å². The van der Waals surface area contributed by atoms with Gasteiger partial charge in [-0.25, -0.2) is 13.1 Å². The largest absolute Gasteiger partial charge is 0.325 e. The zero-order chi connectivity index (χ0) is 15.5. The molecule has 0 aliphatic rings. The molecule has 8 heteroatoms. The van der Waals surface area contributed by atoms with E-state index in [1.807, 2.05) is 19.1 Å². The third-order valence-electron chi connectivity index (χ3n) is 3.22. The van der Waals surface area contributed by atoms with Crippen LogP contribution in [0.15, 0.2) is 23.2 Å². The van der Waals surface area contributed by atoms with Crippen LogP contribution >= 0.6 is 0 Å². The van der Waals surface area contributed by atoms with E-state index in [1.165, 1.54) is 0 Å². The number of hydrogen-bond acceptors (Lipinski definition) is 5. The second-order valence-electron chi connectivity index (χ2n) is 4.62. The van der Waals surface area contributed by atoms with Crippen LogP contribution in [0.4, 0.5) is 0 Å². The molecule has 0 unspecified atom stereocenters. The SMILES string of the molecule is CCc1cccnc1CNS(=O)(=O)c1c(CN)n[nH]c1C. The number of hydrogen-bond donors (Lipinski definition) is 3. The van der Waals surface area contributed by atoms with Crippen molar-refractivity contribution >= 4 is 10.0 Å². The lowest BCUT2D eigenvalue weighted by Crippen LogP contribution is -2.26. The van der Waals surface area contributed by atoms with Crippen LogP contribution < -0.4 is 10.5 Å². The Balaban J connectivity index is 2.24. The number of sulfonamides is 1. The minimum absolute atomic E-state index is 0.0599. The molecule has 0 bridgehead atoms. The number of nitrogens with zero attached hydrogens (tertiary/aromatic N) is 2. The second kappa shape index (κ2) is 6.33. The third-order valence-corrected chi connectivity index (χ3v) is 4.82. The first kappa shape index (κ1) is 15.6. The van der Waals surface area contributed by atoms with Crippen LogP contribution in [0.1, 0.15) is 29.6 Å². The lowest BCUT2D eigenvalue weighted by atomic mass is 10.1. The first-order valence-corrected chi connectivity index (χ1v) is 8.14. The fourth-order valence-electron chi connectivity index (χ4n) is 2.15.